The number of nitrogens with zero attached hydrogens (tertiary/aromatic N) is 1. The van der Waals surface area contributed by atoms with E-state index in [0.29, 0.717) is 18.7 Å². The van der Waals surface area contributed by atoms with Gasteiger partial charge in [0.25, 0.3) is 0 Å². The van der Waals surface area contributed by atoms with E-state index in [4.69, 9.17) is 21.7 Å². The van der Waals surface area contributed by atoms with Gasteiger partial charge in [-0.05, 0) is 48.9 Å². The van der Waals surface area contributed by atoms with Crippen LogP contribution in [0.4, 0.5) is 5.69 Å². The number of carbonyl (C=O) groups is 1. The van der Waals surface area contributed by atoms with Crippen molar-refractivity contribution in [3.63, 3.8) is 0 Å². The second-order valence-electron chi connectivity index (χ2n) is 6.92. The van der Waals surface area contributed by atoms with Crippen molar-refractivity contribution >= 4 is 40.6 Å². The lowest BCUT2D eigenvalue weighted by Gasteiger charge is -2.25. The number of ether oxygens (including phenoxy) is 1. The summed E-state index contributed by atoms with van der Waals surface area (Å²) in [6, 6.07) is 10.0. The van der Waals surface area contributed by atoms with E-state index in [0.717, 1.165) is 60.1 Å². The van der Waals surface area contributed by atoms with Crippen molar-refractivity contribution in [3.8, 4) is 0 Å². The minimum Gasteiger partial charge on any atom is -0.382 e. The fourth-order valence-electron chi connectivity index (χ4n) is 3.43. The standard InChI is InChI=1S/C24H30ClN3O2/c1-3-30-13-7-12-27-18-28(2)24-21(17-29)15-20(14-19(16-26)8-6-11-25)22-9-4-5-10-23(22)24/h4-6,8-11,15-17,26-27H,3,7,12-14,18H2,1-2H3/b11-6+,19-8-,26-16?. The predicted molar refractivity (Wildman–Crippen MR) is 127 cm³/mol. The summed E-state index contributed by atoms with van der Waals surface area (Å²) in [6.07, 6.45) is 7.22. The lowest BCUT2D eigenvalue weighted by molar-refractivity contribution is 0.112. The number of hydrogen-bond acceptors (Lipinski definition) is 5. The zero-order valence-corrected chi connectivity index (χ0v) is 18.4. The Bertz CT molecular complexity index is 909. The first-order valence-corrected chi connectivity index (χ1v) is 10.6. The van der Waals surface area contributed by atoms with E-state index in [1.165, 1.54) is 11.7 Å². The van der Waals surface area contributed by atoms with Crippen LogP contribution in [0.1, 0.15) is 29.3 Å². The van der Waals surface area contributed by atoms with Gasteiger partial charge in [0.1, 0.15) is 0 Å². The Hall–Kier alpha value is -2.47. The molecule has 0 atom stereocenters. The molecule has 0 aliphatic carbocycles. The number of rotatable bonds is 13. The van der Waals surface area contributed by atoms with Crippen LogP contribution in [0.5, 0.6) is 0 Å². The Morgan fingerprint density at radius 3 is 2.73 bits per heavy atom. The quantitative estimate of drug-likeness (QED) is 0.156. The van der Waals surface area contributed by atoms with Gasteiger partial charge in [-0.25, -0.2) is 0 Å². The Morgan fingerprint density at radius 2 is 2.07 bits per heavy atom. The van der Waals surface area contributed by atoms with Gasteiger partial charge >= 0.3 is 0 Å². The summed E-state index contributed by atoms with van der Waals surface area (Å²) < 4.78 is 5.37. The molecule has 0 aliphatic rings. The van der Waals surface area contributed by atoms with Gasteiger partial charge in [-0.3, -0.25) is 10.1 Å². The minimum absolute atomic E-state index is 0.547. The summed E-state index contributed by atoms with van der Waals surface area (Å²) in [5.41, 5.74) is 4.78. The van der Waals surface area contributed by atoms with Crippen LogP contribution in [0, 0.1) is 5.41 Å². The molecule has 2 aromatic rings. The summed E-state index contributed by atoms with van der Waals surface area (Å²) in [6.45, 7) is 4.94. The molecule has 0 amide bonds. The van der Waals surface area contributed by atoms with Gasteiger partial charge in [-0.15, -0.1) is 0 Å². The van der Waals surface area contributed by atoms with Crippen molar-refractivity contribution in [2.24, 2.45) is 0 Å². The highest BCUT2D eigenvalue weighted by Gasteiger charge is 2.15. The zero-order valence-electron chi connectivity index (χ0n) is 17.7. The van der Waals surface area contributed by atoms with Crippen LogP contribution in [-0.4, -0.2) is 46.0 Å². The van der Waals surface area contributed by atoms with Crippen LogP contribution in [0.3, 0.4) is 0 Å². The first kappa shape index (κ1) is 23.8. The molecular weight excluding hydrogens is 398 g/mol. The van der Waals surface area contributed by atoms with Crippen LogP contribution < -0.4 is 10.2 Å². The molecule has 0 fully saturated rings. The molecule has 2 aromatic carbocycles. The van der Waals surface area contributed by atoms with E-state index >= 15 is 0 Å². The van der Waals surface area contributed by atoms with Crippen LogP contribution in [0.2, 0.25) is 0 Å². The zero-order chi connectivity index (χ0) is 21.8. The molecule has 2 N–H and O–H groups in total. The predicted octanol–water partition coefficient (Wildman–Crippen LogP) is 4.93. The summed E-state index contributed by atoms with van der Waals surface area (Å²) in [5.74, 6) is 0. The molecule has 30 heavy (non-hydrogen) atoms. The van der Waals surface area contributed by atoms with Gasteiger partial charge in [-0.1, -0.05) is 48.0 Å². The monoisotopic (exact) mass is 427 g/mol. The second-order valence-corrected chi connectivity index (χ2v) is 7.18. The number of anilines is 1. The average Bonchev–Trinajstić information content (AvgIpc) is 2.78. The van der Waals surface area contributed by atoms with E-state index in [-0.39, 0.29) is 0 Å². The number of fused-ring (bicyclic) bond motifs is 1. The van der Waals surface area contributed by atoms with Gasteiger partial charge in [-0.2, -0.15) is 0 Å². The first-order chi connectivity index (χ1) is 14.7. The van der Waals surface area contributed by atoms with Crippen molar-refractivity contribution in [1.29, 1.82) is 5.41 Å². The molecule has 0 unspecified atom stereocenters. The number of benzene rings is 2. The largest absolute Gasteiger partial charge is 0.382 e. The number of halogens is 1. The molecule has 0 saturated carbocycles. The van der Waals surface area contributed by atoms with Gasteiger partial charge < -0.3 is 15.0 Å². The van der Waals surface area contributed by atoms with Crippen molar-refractivity contribution in [1.82, 2.24) is 5.32 Å². The number of hydrogen-bond donors (Lipinski definition) is 2. The lowest BCUT2D eigenvalue weighted by atomic mass is 9.94. The Balaban J connectivity index is 2.33. The van der Waals surface area contributed by atoms with Crippen LogP contribution in [0.25, 0.3) is 10.8 Å². The van der Waals surface area contributed by atoms with Gasteiger partial charge in [0, 0.05) is 43.0 Å². The van der Waals surface area contributed by atoms with E-state index in [1.54, 1.807) is 6.08 Å². The Labute approximate surface area is 183 Å². The smallest absolute Gasteiger partial charge is 0.152 e. The first-order valence-electron chi connectivity index (χ1n) is 10.1. The lowest BCUT2D eigenvalue weighted by Crippen LogP contribution is -2.32. The van der Waals surface area contributed by atoms with Crippen molar-refractivity contribution in [2.45, 2.75) is 19.8 Å². The maximum atomic E-state index is 12.0. The number of allylic oxidation sites excluding steroid dienone is 3. The van der Waals surface area contributed by atoms with E-state index in [2.05, 4.69) is 16.3 Å². The molecule has 0 saturated heterocycles. The van der Waals surface area contributed by atoms with E-state index in [9.17, 15) is 4.79 Å². The van der Waals surface area contributed by atoms with Gasteiger partial charge in [0.05, 0.1) is 12.4 Å². The molecule has 0 aliphatic heterocycles. The maximum absolute atomic E-state index is 12.0. The summed E-state index contributed by atoms with van der Waals surface area (Å²) in [5, 5.41) is 13.2. The molecule has 5 nitrogen and oxygen atoms in total. The second kappa shape index (κ2) is 13.0. The SMILES string of the molecule is CCOCCCNCN(C)c1c(C=O)cc(C/C(C=N)=C/C=C/Cl)c2ccccc12. The molecule has 0 radical (unpaired) electrons. The summed E-state index contributed by atoms with van der Waals surface area (Å²) >= 11 is 5.62. The molecule has 0 spiro atoms. The van der Waals surface area contributed by atoms with Crippen LogP contribution in [0.15, 0.2) is 53.6 Å². The third-order valence-electron chi connectivity index (χ3n) is 4.80. The van der Waals surface area contributed by atoms with Gasteiger partial charge in [0.15, 0.2) is 6.29 Å². The number of aldehydes is 1. The van der Waals surface area contributed by atoms with E-state index in [1.807, 2.05) is 44.3 Å². The van der Waals surface area contributed by atoms with Crippen LogP contribution >= 0.6 is 11.6 Å². The number of nitrogens with one attached hydrogen (secondary N) is 2. The molecule has 160 valence electrons. The maximum Gasteiger partial charge on any atom is 0.152 e. The normalized spacial score (nSPS) is 11.9. The van der Waals surface area contributed by atoms with Gasteiger partial charge in [0.2, 0.25) is 0 Å². The summed E-state index contributed by atoms with van der Waals surface area (Å²) in [4.78, 5) is 14.0. The van der Waals surface area contributed by atoms with E-state index < -0.39 is 0 Å². The Morgan fingerprint density at radius 1 is 1.30 bits per heavy atom. The topological polar surface area (TPSA) is 65.4 Å². The molecule has 6 heteroatoms. The van der Waals surface area contributed by atoms with Crippen molar-refractivity contribution in [2.75, 3.05) is 38.4 Å². The molecule has 0 heterocycles. The fourth-order valence-corrected chi connectivity index (χ4v) is 3.50. The van der Waals surface area contributed by atoms with Crippen molar-refractivity contribution in [3.05, 3.63) is 64.7 Å². The molecule has 2 rings (SSSR count). The molecule has 0 aromatic heterocycles. The number of carbonyl (C=O) groups excluding carboxylic acids is 1. The highest BCUT2D eigenvalue weighted by Crippen LogP contribution is 2.33. The Kier molecular flexibility index (Phi) is 10.3. The highest BCUT2D eigenvalue weighted by molar-refractivity contribution is 6.25. The average molecular weight is 428 g/mol. The van der Waals surface area contributed by atoms with Crippen LogP contribution in [-0.2, 0) is 11.2 Å². The fraction of sp³-hybridized carbons (Fsp3) is 0.333. The minimum atomic E-state index is 0.547. The highest BCUT2D eigenvalue weighted by atomic mass is 35.5. The van der Waals surface area contributed by atoms with Crippen molar-refractivity contribution < 1.29 is 9.53 Å². The third kappa shape index (κ3) is 6.52. The molecule has 0 bridgehead atoms. The third-order valence-corrected chi connectivity index (χ3v) is 4.94. The summed E-state index contributed by atoms with van der Waals surface area (Å²) in [7, 11) is 1.98. The molecular formula is C24H30ClN3O2.